The first-order chi connectivity index (χ1) is 9.64. The van der Waals surface area contributed by atoms with Gasteiger partial charge >= 0.3 is 12.3 Å². The normalized spacial score (nSPS) is 11.6. The Bertz CT molecular complexity index is 521. The second-order valence-corrected chi connectivity index (χ2v) is 4.81. The summed E-state index contributed by atoms with van der Waals surface area (Å²) in [5.74, 6) is -1.88. The molecule has 1 aromatic rings. The van der Waals surface area contributed by atoms with Gasteiger partial charge in [0.05, 0.1) is 13.0 Å². The fourth-order valence-electron chi connectivity index (χ4n) is 1.36. The van der Waals surface area contributed by atoms with Crippen LogP contribution in [-0.2, 0) is 16.0 Å². The molecular weight excluding hydrogens is 416 g/mol. The Balaban J connectivity index is 3.22. The Morgan fingerprint density at radius 2 is 2.05 bits per heavy atom. The number of carbonyl (C=O) groups excluding carboxylic acids is 1. The predicted molar refractivity (Wildman–Crippen MR) is 68.9 cm³/mol. The van der Waals surface area contributed by atoms with Gasteiger partial charge in [-0.25, -0.2) is 13.8 Å². The zero-order chi connectivity index (χ0) is 16.2. The number of hydrogen-bond acceptors (Lipinski definition) is 4. The smallest absolute Gasteiger partial charge is 0.466 e. The van der Waals surface area contributed by atoms with Crippen LogP contribution in [0.1, 0.15) is 24.6 Å². The van der Waals surface area contributed by atoms with Crippen molar-refractivity contribution in [3.63, 3.8) is 0 Å². The van der Waals surface area contributed by atoms with E-state index in [1.165, 1.54) is 29.5 Å². The summed E-state index contributed by atoms with van der Waals surface area (Å²) in [4.78, 5) is 14.5. The molecule has 0 aliphatic heterocycles. The minimum atomic E-state index is -5.11. The Kier molecular flexibility index (Phi) is 6.10. The highest BCUT2D eigenvalue weighted by atomic mass is 127. The summed E-state index contributed by atoms with van der Waals surface area (Å²) in [5.41, 5.74) is -1.12. The first-order valence-corrected chi connectivity index (χ1v) is 6.60. The van der Waals surface area contributed by atoms with Gasteiger partial charge in [0.25, 0.3) is 6.43 Å². The van der Waals surface area contributed by atoms with Crippen LogP contribution in [0.5, 0.6) is 5.88 Å². The first kappa shape index (κ1) is 17.9. The van der Waals surface area contributed by atoms with Gasteiger partial charge in [0.1, 0.15) is 5.69 Å². The molecule has 0 atom stereocenters. The lowest BCUT2D eigenvalue weighted by atomic mass is 10.2. The highest BCUT2D eigenvalue weighted by molar-refractivity contribution is 14.1. The number of halogens is 6. The monoisotopic (exact) mass is 425 g/mol. The zero-order valence-corrected chi connectivity index (χ0v) is 12.7. The fraction of sp³-hybridized carbons (Fsp3) is 0.455. The fourth-order valence-corrected chi connectivity index (χ4v) is 2.10. The van der Waals surface area contributed by atoms with Crippen molar-refractivity contribution < 1.29 is 36.2 Å². The number of hydrogen-bond donors (Lipinski definition) is 0. The molecule has 0 bridgehead atoms. The lowest BCUT2D eigenvalue weighted by Crippen LogP contribution is -2.21. The molecule has 118 valence electrons. The predicted octanol–water partition coefficient (Wildman–Crippen LogP) is 3.63. The molecule has 0 aliphatic rings. The van der Waals surface area contributed by atoms with Gasteiger partial charge in [-0.15, -0.1) is 13.2 Å². The molecule has 0 saturated heterocycles. The van der Waals surface area contributed by atoms with Crippen LogP contribution in [0.25, 0.3) is 0 Å². The van der Waals surface area contributed by atoms with Crippen molar-refractivity contribution in [2.75, 3.05) is 6.61 Å². The maximum absolute atomic E-state index is 12.6. The van der Waals surface area contributed by atoms with Gasteiger partial charge in [0.2, 0.25) is 5.88 Å². The first-order valence-electron chi connectivity index (χ1n) is 5.52. The van der Waals surface area contributed by atoms with E-state index in [9.17, 15) is 26.7 Å². The molecule has 0 spiro atoms. The minimum absolute atomic E-state index is 0.00482. The summed E-state index contributed by atoms with van der Waals surface area (Å²) in [5, 5.41) is 0. The van der Waals surface area contributed by atoms with Crippen LogP contribution in [0, 0.1) is 3.57 Å². The number of pyridine rings is 1. The molecule has 0 fully saturated rings. The van der Waals surface area contributed by atoms with Crippen molar-refractivity contribution >= 4 is 28.6 Å². The van der Waals surface area contributed by atoms with Crippen LogP contribution in [0.2, 0.25) is 0 Å². The van der Waals surface area contributed by atoms with Crippen molar-refractivity contribution in [1.82, 2.24) is 4.98 Å². The van der Waals surface area contributed by atoms with Gasteiger partial charge in [-0.2, -0.15) is 0 Å². The summed E-state index contributed by atoms with van der Waals surface area (Å²) in [6.45, 7) is 1.56. The Labute approximate surface area is 129 Å². The highest BCUT2D eigenvalue weighted by Gasteiger charge is 2.34. The number of nitrogens with zero attached hydrogens (tertiary/aromatic N) is 1. The van der Waals surface area contributed by atoms with Crippen molar-refractivity contribution in [2.24, 2.45) is 0 Å². The lowest BCUT2D eigenvalue weighted by molar-refractivity contribution is -0.276. The Morgan fingerprint density at radius 1 is 1.43 bits per heavy atom. The second kappa shape index (κ2) is 7.18. The SMILES string of the molecule is CCOC(=O)Cc1c(I)cc(C(F)F)nc1OC(F)(F)F. The second-order valence-electron chi connectivity index (χ2n) is 3.64. The van der Waals surface area contributed by atoms with Crippen molar-refractivity contribution in [3.05, 3.63) is 20.9 Å². The zero-order valence-electron chi connectivity index (χ0n) is 10.5. The van der Waals surface area contributed by atoms with Crippen LogP contribution < -0.4 is 4.74 Å². The molecule has 0 aliphatic carbocycles. The standard InChI is InChI=1S/C11H9F5INO3/c1-2-20-8(19)3-5-6(17)4-7(9(12)13)18-10(5)21-11(14,15)16/h4,9H,2-3H2,1H3. The summed E-state index contributed by atoms with van der Waals surface area (Å²) >= 11 is 1.53. The van der Waals surface area contributed by atoms with E-state index < -0.39 is 36.8 Å². The number of ether oxygens (including phenoxy) is 2. The average Bonchev–Trinajstić information content (AvgIpc) is 2.31. The third-order valence-corrected chi connectivity index (χ3v) is 3.08. The van der Waals surface area contributed by atoms with Crippen molar-refractivity contribution in [1.29, 1.82) is 0 Å². The van der Waals surface area contributed by atoms with E-state index in [0.717, 1.165) is 6.07 Å². The van der Waals surface area contributed by atoms with Crippen LogP contribution in [0.4, 0.5) is 22.0 Å². The van der Waals surface area contributed by atoms with Gasteiger partial charge < -0.3 is 9.47 Å². The van der Waals surface area contributed by atoms with Crippen molar-refractivity contribution in [3.8, 4) is 5.88 Å². The van der Waals surface area contributed by atoms with E-state index in [1.807, 2.05) is 0 Å². The highest BCUT2D eigenvalue weighted by Crippen LogP contribution is 2.31. The summed E-state index contributed by atoms with van der Waals surface area (Å²) in [6, 6.07) is 0.892. The molecule has 10 heteroatoms. The quantitative estimate of drug-likeness (QED) is 0.411. The van der Waals surface area contributed by atoms with Crippen LogP contribution in [-0.4, -0.2) is 23.9 Å². The lowest BCUT2D eigenvalue weighted by Gasteiger charge is -2.14. The van der Waals surface area contributed by atoms with Crippen LogP contribution in [0.15, 0.2) is 6.07 Å². The molecule has 1 aromatic heterocycles. The van der Waals surface area contributed by atoms with Crippen LogP contribution >= 0.6 is 22.6 Å². The van der Waals surface area contributed by atoms with Gasteiger partial charge in [-0.05, 0) is 35.6 Å². The molecule has 0 radical (unpaired) electrons. The van der Waals surface area contributed by atoms with E-state index in [2.05, 4.69) is 14.5 Å². The molecule has 0 N–H and O–H groups in total. The molecule has 1 rings (SSSR count). The number of rotatable bonds is 5. The number of aromatic nitrogens is 1. The number of carbonyl (C=O) groups is 1. The van der Waals surface area contributed by atoms with Gasteiger partial charge in [0, 0.05) is 9.13 Å². The molecule has 0 aromatic carbocycles. The molecule has 0 saturated carbocycles. The van der Waals surface area contributed by atoms with Gasteiger partial charge in [-0.3, -0.25) is 4.79 Å². The molecule has 4 nitrogen and oxygen atoms in total. The van der Waals surface area contributed by atoms with E-state index in [1.54, 1.807) is 0 Å². The summed E-state index contributed by atoms with van der Waals surface area (Å²) in [6.07, 6.45) is -8.74. The van der Waals surface area contributed by atoms with E-state index in [0.29, 0.717) is 0 Å². The van der Waals surface area contributed by atoms with E-state index in [4.69, 9.17) is 0 Å². The summed E-state index contributed by atoms with van der Waals surface area (Å²) < 4.78 is 70.3. The molecular formula is C11H9F5INO3. The van der Waals surface area contributed by atoms with E-state index >= 15 is 0 Å². The van der Waals surface area contributed by atoms with Crippen molar-refractivity contribution in [2.45, 2.75) is 26.1 Å². The van der Waals surface area contributed by atoms with Crippen LogP contribution in [0.3, 0.4) is 0 Å². The van der Waals surface area contributed by atoms with Gasteiger partial charge in [0.15, 0.2) is 0 Å². The average molecular weight is 425 g/mol. The van der Waals surface area contributed by atoms with Gasteiger partial charge in [-0.1, -0.05) is 0 Å². The molecule has 1 heterocycles. The maximum Gasteiger partial charge on any atom is 0.574 e. The summed E-state index contributed by atoms with van der Waals surface area (Å²) in [7, 11) is 0. The Morgan fingerprint density at radius 3 is 2.52 bits per heavy atom. The maximum atomic E-state index is 12.6. The molecule has 0 unspecified atom stereocenters. The largest absolute Gasteiger partial charge is 0.574 e. The number of alkyl halides is 5. The molecule has 0 amide bonds. The third-order valence-electron chi connectivity index (χ3n) is 2.11. The number of esters is 1. The third kappa shape index (κ3) is 5.59. The van der Waals surface area contributed by atoms with E-state index in [-0.39, 0.29) is 15.7 Å². The Hall–Kier alpha value is -1.20. The molecule has 21 heavy (non-hydrogen) atoms. The minimum Gasteiger partial charge on any atom is -0.466 e. The topological polar surface area (TPSA) is 48.4 Å².